The van der Waals surface area contributed by atoms with Gasteiger partial charge in [-0.05, 0) is 6.42 Å². The number of rotatable bonds is 6. The first-order valence-electron chi connectivity index (χ1n) is 5.19. The molecule has 1 N–H and O–H groups in total. The molecule has 0 radical (unpaired) electrons. The summed E-state index contributed by atoms with van der Waals surface area (Å²) in [5.74, 6) is 0. The van der Waals surface area contributed by atoms with Crippen molar-refractivity contribution in [1.29, 1.82) is 0 Å². The van der Waals surface area contributed by atoms with Gasteiger partial charge in [-0.1, -0.05) is 18.5 Å². The van der Waals surface area contributed by atoms with Gasteiger partial charge >= 0.3 is 0 Å². The first-order chi connectivity index (χ1) is 7.70. The first-order valence-corrected chi connectivity index (χ1v) is 5.57. The second-order valence-electron chi connectivity index (χ2n) is 3.32. The third kappa shape index (κ3) is 3.21. The average Bonchev–Trinajstić information content (AvgIpc) is 2.30. The highest BCUT2D eigenvalue weighted by atomic mass is 35.5. The van der Waals surface area contributed by atoms with Crippen LogP contribution in [0.3, 0.4) is 0 Å². The number of nitrogens with one attached hydrogen (secondary N) is 1. The minimum absolute atomic E-state index is 0.180. The fraction of sp³-hybridized carbons (Fsp3) is 0.600. The topological polar surface area (TPSA) is 56.1 Å². The fourth-order valence-corrected chi connectivity index (χ4v) is 1.40. The van der Waals surface area contributed by atoms with E-state index in [9.17, 15) is 4.79 Å². The molecule has 1 rings (SSSR count). The zero-order chi connectivity index (χ0) is 12.0. The number of methoxy groups -OCH3 is 1. The molecule has 0 aliphatic rings. The molecule has 0 aliphatic carbocycles. The number of hydrogen-bond acceptors (Lipinski definition) is 4. The zero-order valence-corrected chi connectivity index (χ0v) is 10.3. The number of aromatic nitrogens is 2. The molecule has 5 nitrogen and oxygen atoms in total. The second kappa shape index (κ2) is 6.50. The summed E-state index contributed by atoms with van der Waals surface area (Å²) in [6, 6.07) is 0. The highest BCUT2D eigenvalue weighted by Crippen LogP contribution is 2.14. The van der Waals surface area contributed by atoms with Crippen molar-refractivity contribution in [3.63, 3.8) is 0 Å². The van der Waals surface area contributed by atoms with E-state index in [0.717, 1.165) is 13.0 Å². The molecule has 1 aromatic rings. The molecule has 0 aliphatic heterocycles. The van der Waals surface area contributed by atoms with Crippen molar-refractivity contribution in [1.82, 2.24) is 9.78 Å². The van der Waals surface area contributed by atoms with Crippen LogP contribution >= 0.6 is 11.6 Å². The van der Waals surface area contributed by atoms with Gasteiger partial charge in [-0.15, -0.1) is 0 Å². The van der Waals surface area contributed by atoms with E-state index in [-0.39, 0.29) is 10.6 Å². The van der Waals surface area contributed by atoms with Crippen LogP contribution in [0.4, 0.5) is 5.69 Å². The molecule has 0 atom stereocenters. The molecule has 0 aromatic carbocycles. The Morgan fingerprint density at radius 1 is 1.62 bits per heavy atom. The van der Waals surface area contributed by atoms with Crippen LogP contribution in [-0.4, -0.2) is 30.0 Å². The van der Waals surface area contributed by atoms with Gasteiger partial charge in [0, 0.05) is 13.7 Å². The molecule has 6 heteroatoms. The van der Waals surface area contributed by atoms with Gasteiger partial charge in [-0.2, -0.15) is 5.10 Å². The van der Waals surface area contributed by atoms with Crippen LogP contribution in [0.2, 0.25) is 5.02 Å². The second-order valence-corrected chi connectivity index (χ2v) is 3.70. The predicted octanol–water partition coefficient (Wildman–Crippen LogP) is 1.36. The minimum atomic E-state index is -0.292. The maximum Gasteiger partial charge on any atom is 0.287 e. The first kappa shape index (κ1) is 13.0. The van der Waals surface area contributed by atoms with E-state index in [1.807, 2.05) is 6.92 Å². The van der Waals surface area contributed by atoms with Gasteiger partial charge in [0.2, 0.25) is 0 Å². The molecule has 1 aromatic heterocycles. The van der Waals surface area contributed by atoms with Crippen molar-refractivity contribution in [3.05, 3.63) is 21.6 Å². The molecule has 0 spiro atoms. The molecule has 16 heavy (non-hydrogen) atoms. The summed E-state index contributed by atoms with van der Waals surface area (Å²) in [5.41, 5.74) is 0.294. The van der Waals surface area contributed by atoms with Crippen molar-refractivity contribution >= 4 is 17.3 Å². The van der Waals surface area contributed by atoms with Crippen LogP contribution in [0.25, 0.3) is 0 Å². The van der Waals surface area contributed by atoms with Gasteiger partial charge in [0.25, 0.3) is 5.56 Å². The van der Waals surface area contributed by atoms with Crippen molar-refractivity contribution in [2.45, 2.75) is 19.9 Å². The van der Waals surface area contributed by atoms with E-state index in [4.69, 9.17) is 16.3 Å². The number of ether oxygens (including phenoxy) is 1. The van der Waals surface area contributed by atoms with E-state index >= 15 is 0 Å². The lowest BCUT2D eigenvalue weighted by molar-refractivity contribution is 0.182. The van der Waals surface area contributed by atoms with Crippen molar-refractivity contribution in [3.8, 4) is 0 Å². The predicted molar refractivity (Wildman–Crippen MR) is 64.2 cm³/mol. The highest BCUT2D eigenvalue weighted by molar-refractivity contribution is 6.32. The number of halogens is 1. The quantitative estimate of drug-likeness (QED) is 0.822. The standard InChI is InChI=1S/C10H16ClN3O2/c1-3-4-12-8-7-13-14(5-6-16-2)10(15)9(8)11/h7,12H,3-6H2,1-2H3. The zero-order valence-electron chi connectivity index (χ0n) is 9.49. The van der Waals surface area contributed by atoms with E-state index in [2.05, 4.69) is 10.4 Å². The molecule has 0 amide bonds. The van der Waals surface area contributed by atoms with E-state index in [1.54, 1.807) is 13.3 Å². The Hall–Kier alpha value is -1.07. The number of hydrogen-bond donors (Lipinski definition) is 1. The minimum Gasteiger partial charge on any atom is -0.383 e. The fourth-order valence-electron chi connectivity index (χ4n) is 1.18. The number of nitrogens with zero attached hydrogens (tertiary/aromatic N) is 2. The van der Waals surface area contributed by atoms with Crippen molar-refractivity contribution in [2.24, 2.45) is 0 Å². The molecule has 0 fully saturated rings. The summed E-state index contributed by atoms with van der Waals surface area (Å²) >= 11 is 5.94. The Kier molecular flexibility index (Phi) is 5.28. The lowest BCUT2D eigenvalue weighted by Gasteiger charge is -2.09. The summed E-state index contributed by atoms with van der Waals surface area (Å²) in [4.78, 5) is 11.7. The van der Waals surface area contributed by atoms with Gasteiger partial charge in [-0.25, -0.2) is 4.68 Å². The van der Waals surface area contributed by atoms with E-state index < -0.39 is 0 Å². The molecule has 0 bridgehead atoms. The third-order valence-corrected chi connectivity index (χ3v) is 2.42. The summed E-state index contributed by atoms with van der Waals surface area (Å²) in [6.45, 7) is 3.64. The lowest BCUT2D eigenvalue weighted by Crippen LogP contribution is -2.26. The maximum absolute atomic E-state index is 11.7. The molecule has 0 saturated heterocycles. The number of anilines is 1. The summed E-state index contributed by atoms with van der Waals surface area (Å²) in [5, 5.41) is 7.23. The van der Waals surface area contributed by atoms with Crippen LogP contribution in [-0.2, 0) is 11.3 Å². The monoisotopic (exact) mass is 245 g/mol. The maximum atomic E-state index is 11.7. The largest absolute Gasteiger partial charge is 0.383 e. The summed E-state index contributed by atoms with van der Waals surface area (Å²) in [7, 11) is 1.57. The SMILES string of the molecule is CCCNc1cnn(CCOC)c(=O)c1Cl. The average molecular weight is 246 g/mol. The molecular formula is C10H16ClN3O2. The van der Waals surface area contributed by atoms with E-state index in [0.29, 0.717) is 18.8 Å². The Morgan fingerprint density at radius 3 is 3.00 bits per heavy atom. The molecule has 0 unspecified atom stereocenters. The summed E-state index contributed by atoms with van der Waals surface area (Å²) < 4.78 is 6.17. The van der Waals surface area contributed by atoms with Crippen molar-refractivity contribution < 1.29 is 4.74 Å². The Labute approximate surface area is 99.4 Å². The molecule has 0 saturated carbocycles. The lowest BCUT2D eigenvalue weighted by atomic mass is 10.4. The van der Waals surface area contributed by atoms with Gasteiger partial charge in [0.15, 0.2) is 0 Å². The van der Waals surface area contributed by atoms with Gasteiger partial charge in [0.05, 0.1) is 25.0 Å². The smallest absolute Gasteiger partial charge is 0.287 e. The van der Waals surface area contributed by atoms with Crippen LogP contribution in [0.1, 0.15) is 13.3 Å². The van der Waals surface area contributed by atoms with Gasteiger partial charge in [-0.3, -0.25) is 4.79 Å². The third-order valence-electron chi connectivity index (χ3n) is 2.06. The van der Waals surface area contributed by atoms with Crippen LogP contribution in [0.5, 0.6) is 0 Å². The highest BCUT2D eigenvalue weighted by Gasteiger charge is 2.08. The molecule has 90 valence electrons. The molecule has 1 heterocycles. The van der Waals surface area contributed by atoms with Crippen molar-refractivity contribution in [2.75, 3.05) is 25.6 Å². The molecular weight excluding hydrogens is 230 g/mol. The normalized spacial score (nSPS) is 10.4. The van der Waals surface area contributed by atoms with E-state index in [1.165, 1.54) is 4.68 Å². The van der Waals surface area contributed by atoms with Crippen LogP contribution < -0.4 is 10.9 Å². The Morgan fingerprint density at radius 2 is 2.38 bits per heavy atom. The Bertz CT molecular complexity index is 392. The van der Waals surface area contributed by atoms with Gasteiger partial charge in [0.1, 0.15) is 5.02 Å². The van der Waals surface area contributed by atoms with Crippen LogP contribution in [0, 0.1) is 0 Å². The van der Waals surface area contributed by atoms with Gasteiger partial charge < -0.3 is 10.1 Å². The summed E-state index contributed by atoms with van der Waals surface area (Å²) in [6.07, 6.45) is 2.53. The van der Waals surface area contributed by atoms with Crippen LogP contribution in [0.15, 0.2) is 11.0 Å². The Balaban J connectivity index is 2.85.